The Morgan fingerprint density at radius 1 is 1.42 bits per heavy atom. The average Bonchev–Trinajstić information content (AvgIpc) is 2.73. The summed E-state index contributed by atoms with van der Waals surface area (Å²) >= 11 is 1.40. The van der Waals surface area contributed by atoms with Crippen molar-refractivity contribution in [2.75, 3.05) is 0 Å². The highest BCUT2D eigenvalue weighted by Gasteiger charge is 2.33. The van der Waals surface area contributed by atoms with Crippen LogP contribution in [0.5, 0.6) is 0 Å². The Bertz CT molecular complexity index is 451. The van der Waals surface area contributed by atoms with Crippen LogP contribution in [0.2, 0.25) is 0 Å². The highest BCUT2D eigenvalue weighted by Crippen LogP contribution is 2.30. The fourth-order valence-corrected chi connectivity index (χ4v) is 2.15. The first kappa shape index (κ1) is 16.0. The van der Waals surface area contributed by atoms with Crippen LogP contribution in [0.25, 0.3) is 0 Å². The van der Waals surface area contributed by atoms with E-state index in [1.807, 2.05) is 20.8 Å². The molecule has 1 atom stereocenters. The molecule has 108 valence electrons. The van der Waals surface area contributed by atoms with Crippen molar-refractivity contribution in [1.82, 2.24) is 10.1 Å². The summed E-state index contributed by atoms with van der Waals surface area (Å²) in [7, 11) is 0. The predicted molar refractivity (Wildman–Crippen MR) is 74.0 cm³/mol. The van der Waals surface area contributed by atoms with Crippen molar-refractivity contribution < 1.29 is 14.4 Å². The van der Waals surface area contributed by atoms with Gasteiger partial charge < -0.3 is 15.4 Å². The van der Waals surface area contributed by atoms with E-state index in [1.54, 1.807) is 13.8 Å². The number of nitrogens with two attached hydrogens (primary N) is 1. The van der Waals surface area contributed by atoms with Crippen LogP contribution in [0.15, 0.2) is 4.52 Å². The minimum absolute atomic E-state index is 0.192. The quantitative estimate of drug-likeness (QED) is 0.851. The molecular weight excluding hydrogens is 266 g/mol. The normalized spacial score (nSPS) is 14.4. The lowest BCUT2D eigenvalue weighted by Gasteiger charge is -2.27. The second kappa shape index (κ2) is 5.50. The van der Waals surface area contributed by atoms with Gasteiger partial charge in [0.25, 0.3) is 0 Å². The molecule has 0 bridgehead atoms. The van der Waals surface area contributed by atoms with Gasteiger partial charge in [-0.15, -0.1) is 11.8 Å². The maximum atomic E-state index is 10.9. The summed E-state index contributed by atoms with van der Waals surface area (Å²) in [5.41, 5.74) is 5.46. The largest absolute Gasteiger partial charge is 0.480 e. The van der Waals surface area contributed by atoms with Gasteiger partial charge in [-0.3, -0.25) is 4.79 Å². The third-order valence-corrected chi connectivity index (χ3v) is 4.10. The van der Waals surface area contributed by atoms with Crippen molar-refractivity contribution in [2.24, 2.45) is 5.73 Å². The number of carbonyl (C=O) groups is 1. The van der Waals surface area contributed by atoms with Crippen LogP contribution in [-0.4, -0.2) is 32.0 Å². The van der Waals surface area contributed by atoms with Crippen molar-refractivity contribution in [3.05, 3.63) is 11.7 Å². The van der Waals surface area contributed by atoms with Gasteiger partial charge in [0.15, 0.2) is 5.82 Å². The molecule has 1 aromatic heterocycles. The van der Waals surface area contributed by atoms with Gasteiger partial charge in [-0.25, -0.2) is 0 Å². The average molecular weight is 287 g/mol. The van der Waals surface area contributed by atoms with Gasteiger partial charge in [0.1, 0.15) is 6.04 Å². The third kappa shape index (κ3) is 4.21. The van der Waals surface area contributed by atoms with Crippen molar-refractivity contribution in [1.29, 1.82) is 0 Å². The van der Waals surface area contributed by atoms with Gasteiger partial charge in [-0.05, 0) is 13.8 Å². The Balaban J connectivity index is 2.67. The molecule has 1 heterocycles. The van der Waals surface area contributed by atoms with Gasteiger partial charge in [-0.1, -0.05) is 25.9 Å². The number of carboxylic acid groups (broad SMARTS) is 1. The molecule has 1 rings (SSSR count). The highest BCUT2D eigenvalue weighted by atomic mass is 32.2. The first-order chi connectivity index (χ1) is 8.54. The molecule has 0 amide bonds. The van der Waals surface area contributed by atoms with E-state index in [2.05, 4.69) is 10.1 Å². The molecule has 0 saturated carbocycles. The molecule has 19 heavy (non-hydrogen) atoms. The molecule has 0 radical (unpaired) electrons. The standard InChI is InChI=1S/C12H21N3O3S/c1-11(2,3)10-14-7(15-18-10)6-19-12(4,5)8(13)9(16)17/h8H,6,13H2,1-5H3,(H,16,17)/t8-/m1/s1. The smallest absolute Gasteiger partial charge is 0.321 e. The number of hydrogen-bond donors (Lipinski definition) is 2. The minimum atomic E-state index is -1.01. The van der Waals surface area contributed by atoms with E-state index >= 15 is 0 Å². The first-order valence-corrected chi connectivity index (χ1v) is 6.98. The fourth-order valence-electron chi connectivity index (χ4n) is 1.25. The number of rotatable bonds is 5. The van der Waals surface area contributed by atoms with E-state index in [1.165, 1.54) is 11.8 Å². The minimum Gasteiger partial charge on any atom is -0.480 e. The van der Waals surface area contributed by atoms with Gasteiger partial charge in [0.05, 0.1) is 5.75 Å². The zero-order valence-corrected chi connectivity index (χ0v) is 12.7. The van der Waals surface area contributed by atoms with E-state index in [0.29, 0.717) is 17.5 Å². The topological polar surface area (TPSA) is 102 Å². The molecule has 1 aromatic rings. The maximum Gasteiger partial charge on any atom is 0.321 e. The molecule has 0 aliphatic heterocycles. The van der Waals surface area contributed by atoms with Crippen LogP contribution in [0, 0.1) is 0 Å². The van der Waals surface area contributed by atoms with Crippen LogP contribution in [0.1, 0.15) is 46.3 Å². The van der Waals surface area contributed by atoms with Crippen molar-refractivity contribution in [3.8, 4) is 0 Å². The molecule has 6 nitrogen and oxygen atoms in total. The number of carboxylic acids is 1. The zero-order chi connectivity index (χ0) is 14.8. The van der Waals surface area contributed by atoms with E-state index in [9.17, 15) is 4.79 Å². The van der Waals surface area contributed by atoms with Crippen LogP contribution < -0.4 is 5.73 Å². The fraction of sp³-hybridized carbons (Fsp3) is 0.750. The number of aliphatic carboxylic acids is 1. The summed E-state index contributed by atoms with van der Waals surface area (Å²) in [4.78, 5) is 15.2. The van der Waals surface area contributed by atoms with Crippen LogP contribution in [0.3, 0.4) is 0 Å². The SMILES string of the molecule is CC(C)(C)c1nc(CSC(C)(C)[C@H](N)C(=O)O)no1. The predicted octanol–water partition coefficient (Wildman–Crippen LogP) is 1.79. The summed E-state index contributed by atoms with van der Waals surface area (Å²) in [5, 5.41) is 12.8. The lowest BCUT2D eigenvalue weighted by atomic mass is 9.97. The maximum absolute atomic E-state index is 10.9. The van der Waals surface area contributed by atoms with E-state index in [0.717, 1.165) is 0 Å². The molecule has 0 fully saturated rings. The number of aromatic nitrogens is 2. The molecular formula is C12H21N3O3S. The van der Waals surface area contributed by atoms with E-state index < -0.39 is 16.8 Å². The van der Waals surface area contributed by atoms with Crippen LogP contribution >= 0.6 is 11.8 Å². The Morgan fingerprint density at radius 3 is 2.42 bits per heavy atom. The lowest BCUT2D eigenvalue weighted by Crippen LogP contribution is -2.46. The van der Waals surface area contributed by atoms with Crippen molar-refractivity contribution in [3.63, 3.8) is 0 Å². The van der Waals surface area contributed by atoms with Crippen molar-refractivity contribution >= 4 is 17.7 Å². The van der Waals surface area contributed by atoms with Gasteiger partial charge in [-0.2, -0.15) is 4.98 Å². The van der Waals surface area contributed by atoms with E-state index in [4.69, 9.17) is 15.4 Å². The molecule has 0 aromatic carbocycles. The van der Waals surface area contributed by atoms with Crippen molar-refractivity contribution in [2.45, 2.75) is 56.6 Å². The molecule has 0 spiro atoms. The summed E-state index contributed by atoms with van der Waals surface area (Å²) in [6.45, 7) is 9.55. The number of nitrogens with zero attached hydrogens (tertiary/aromatic N) is 2. The lowest BCUT2D eigenvalue weighted by molar-refractivity contribution is -0.139. The second-order valence-electron chi connectivity index (χ2n) is 5.97. The second-order valence-corrected chi connectivity index (χ2v) is 7.60. The first-order valence-electron chi connectivity index (χ1n) is 5.99. The summed E-state index contributed by atoms with van der Waals surface area (Å²) in [5.74, 6) is 0.582. The third-order valence-electron chi connectivity index (χ3n) is 2.70. The number of thioether (sulfide) groups is 1. The van der Waals surface area contributed by atoms with Crippen LogP contribution in [0.4, 0.5) is 0 Å². The molecule has 3 N–H and O–H groups in total. The Hall–Kier alpha value is -1.08. The summed E-state index contributed by atoms with van der Waals surface area (Å²) < 4.78 is 4.58. The monoisotopic (exact) mass is 287 g/mol. The van der Waals surface area contributed by atoms with Crippen LogP contribution in [-0.2, 0) is 16.0 Å². The number of hydrogen-bond acceptors (Lipinski definition) is 6. The molecule has 7 heteroatoms. The molecule has 0 unspecified atom stereocenters. The molecule has 0 aliphatic rings. The Kier molecular flexibility index (Phi) is 4.63. The molecule has 0 saturated heterocycles. The molecule has 0 aliphatic carbocycles. The van der Waals surface area contributed by atoms with E-state index in [-0.39, 0.29) is 5.41 Å². The summed E-state index contributed by atoms with van der Waals surface area (Å²) in [6, 6.07) is -0.938. The van der Waals surface area contributed by atoms with Gasteiger partial charge in [0.2, 0.25) is 5.89 Å². The Labute approximate surface area is 117 Å². The summed E-state index contributed by atoms with van der Waals surface area (Å²) in [6.07, 6.45) is 0. The van der Waals surface area contributed by atoms with Gasteiger partial charge in [0, 0.05) is 10.2 Å². The Morgan fingerprint density at radius 2 is 2.00 bits per heavy atom. The zero-order valence-electron chi connectivity index (χ0n) is 11.9. The van der Waals surface area contributed by atoms with Gasteiger partial charge >= 0.3 is 5.97 Å². The highest BCUT2D eigenvalue weighted by molar-refractivity contribution is 7.99.